The molecular formula is C13H17N3OS2. The fraction of sp³-hybridized carbons (Fsp3) is 0.462. The number of nitrogens with zero attached hydrogens (tertiary/aromatic N) is 2. The van der Waals surface area contributed by atoms with Crippen molar-refractivity contribution in [3.63, 3.8) is 0 Å². The summed E-state index contributed by atoms with van der Waals surface area (Å²) < 4.78 is 0.897. The Bertz CT molecular complexity index is 482. The minimum Gasteiger partial charge on any atom is -0.298 e. The number of ketones is 1. The maximum absolute atomic E-state index is 11.9. The molecule has 1 atom stereocenters. The molecule has 0 saturated heterocycles. The molecule has 0 radical (unpaired) electrons. The van der Waals surface area contributed by atoms with Crippen molar-refractivity contribution in [1.29, 1.82) is 0 Å². The average molecular weight is 295 g/mol. The summed E-state index contributed by atoms with van der Waals surface area (Å²) in [6.07, 6.45) is 1.77. The van der Waals surface area contributed by atoms with Crippen LogP contribution in [0.3, 0.4) is 0 Å². The summed E-state index contributed by atoms with van der Waals surface area (Å²) in [6.45, 7) is 5.82. The second-order valence-corrected chi connectivity index (χ2v) is 7.54. The summed E-state index contributed by atoms with van der Waals surface area (Å²) in [5.41, 5.74) is 3.71. The van der Waals surface area contributed by atoms with Gasteiger partial charge in [0.05, 0.1) is 11.4 Å². The van der Waals surface area contributed by atoms with E-state index in [0.717, 1.165) is 10.1 Å². The van der Waals surface area contributed by atoms with Crippen molar-refractivity contribution in [2.45, 2.75) is 26.1 Å². The molecular weight excluding hydrogens is 278 g/mol. The van der Waals surface area contributed by atoms with Crippen LogP contribution in [0.1, 0.15) is 31.8 Å². The third kappa shape index (κ3) is 3.98. The zero-order valence-corrected chi connectivity index (χ0v) is 12.8. The van der Waals surface area contributed by atoms with Gasteiger partial charge in [-0.1, -0.05) is 50.4 Å². The monoisotopic (exact) mass is 295 g/mol. The number of pyridine rings is 1. The van der Waals surface area contributed by atoms with E-state index in [-0.39, 0.29) is 16.6 Å². The van der Waals surface area contributed by atoms with E-state index in [4.69, 9.17) is 0 Å². The van der Waals surface area contributed by atoms with Crippen LogP contribution in [-0.2, 0) is 4.79 Å². The standard InChI is InChI=1S/C13H17N3OS2/c1-13(2,3)10(17)8-18-12-16-15-11(19-12)9-6-4-5-7-14-9/h4-7,11,15H,8H2,1-3H3. The smallest absolute Gasteiger partial charge is 0.152 e. The van der Waals surface area contributed by atoms with E-state index in [1.807, 2.05) is 39.0 Å². The van der Waals surface area contributed by atoms with E-state index in [0.29, 0.717) is 5.75 Å². The van der Waals surface area contributed by atoms with Gasteiger partial charge in [0.1, 0.15) is 11.2 Å². The average Bonchev–Trinajstić information content (AvgIpc) is 2.84. The number of aromatic nitrogens is 1. The van der Waals surface area contributed by atoms with E-state index in [1.165, 1.54) is 11.8 Å². The molecule has 1 aliphatic heterocycles. The molecule has 0 aromatic carbocycles. The number of hydrogen-bond donors (Lipinski definition) is 1. The Morgan fingerprint density at radius 2 is 2.26 bits per heavy atom. The van der Waals surface area contributed by atoms with Gasteiger partial charge in [0.25, 0.3) is 0 Å². The van der Waals surface area contributed by atoms with Crippen LogP contribution in [0.2, 0.25) is 0 Å². The summed E-state index contributed by atoms with van der Waals surface area (Å²) in [4.78, 5) is 16.2. The van der Waals surface area contributed by atoms with Crippen molar-refractivity contribution in [2.24, 2.45) is 10.5 Å². The van der Waals surface area contributed by atoms with Crippen LogP contribution in [0.4, 0.5) is 0 Å². The number of carbonyl (C=O) groups excluding carboxylic acids is 1. The van der Waals surface area contributed by atoms with Gasteiger partial charge in [0.15, 0.2) is 4.38 Å². The van der Waals surface area contributed by atoms with Gasteiger partial charge in [0, 0.05) is 11.6 Å². The van der Waals surface area contributed by atoms with Crippen LogP contribution in [-0.4, -0.2) is 20.9 Å². The molecule has 2 heterocycles. The minimum absolute atomic E-state index is 0.0495. The van der Waals surface area contributed by atoms with Crippen LogP contribution in [0, 0.1) is 5.41 Å². The lowest BCUT2D eigenvalue weighted by molar-refractivity contribution is -0.123. The molecule has 1 unspecified atom stereocenters. The Kier molecular flexibility index (Phi) is 4.52. The number of carbonyl (C=O) groups is 1. The number of rotatable bonds is 3. The van der Waals surface area contributed by atoms with Crippen LogP contribution in [0.15, 0.2) is 29.5 Å². The van der Waals surface area contributed by atoms with Gasteiger partial charge in [-0.05, 0) is 12.1 Å². The first-order chi connectivity index (χ1) is 8.97. The second kappa shape index (κ2) is 5.96. The Balaban J connectivity index is 1.84. The van der Waals surface area contributed by atoms with Crippen molar-refractivity contribution < 1.29 is 4.79 Å². The maximum atomic E-state index is 11.9. The van der Waals surface area contributed by atoms with E-state index in [9.17, 15) is 4.79 Å². The van der Waals surface area contributed by atoms with E-state index in [2.05, 4.69) is 15.5 Å². The SMILES string of the molecule is CC(C)(C)C(=O)CSC1=NNC(c2ccccn2)S1. The van der Waals surface area contributed by atoms with E-state index >= 15 is 0 Å². The molecule has 1 aromatic heterocycles. The molecule has 2 rings (SSSR count). The fourth-order valence-electron chi connectivity index (χ4n) is 1.33. The molecule has 4 nitrogen and oxygen atoms in total. The summed E-state index contributed by atoms with van der Waals surface area (Å²) in [7, 11) is 0. The molecule has 19 heavy (non-hydrogen) atoms. The number of Topliss-reactive ketones (excluding diaryl/α,β-unsaturated/α-hetero) is 1. The Labute approximate surface area is 121 Å². The molecule has 1 aromatic rings. The molecule has 6 heteroatoms. The zero-order valence-electron chi connectivity index (χ0n) is 11.2. The predicted octanol–water partition coefficient (Wildman–Crippen LogP) is 3.04. The van der Waals surface area contributed by atoms with Crippen LogP contribution < -0.4 is 5.43 Å². The lowest BCUT2D eigenvalue weighted by atomic mass is 9.92. The number of thioether (sulfide) groups is 2. The zero-order chi connectivity index (χ0) is 13.9. The molecule has 0 bridgehead atoms. The first kappa shape index (κ1) is 14.4. The first-order valence-electron chi connectivity index (χ1n) is 6.04. The summed E-state index contributed by atoms with van der Waals surface area (Å²) in [6, 6.07) is 5.81. The third-order valence-corrected chi connectivity index (χ3v) is 4.87. The van der Waals surface area contributed by atoms with Gasteiger partial charge in [0.2, 0.25) is 0 Å². The third-order valence-electron chi connectivity index (χ3n) is 2.61. The predicted molar refractivity (Wildman–Crippen MR) is 82.1 cm³/mol. The molecule has 0 aliphatic carbocycles. The summed E-state index contributed by atoms with van der Waals surface area (Å²) in [5.74, 6) is 0.702. The number of hydrazone groups is 1. The van der Waals surface area contributed by atoms with Gasteiger partial charge in [-0.2, -0.15) is 5.10 Å². The normalized spacial score (nSPS) is 18.9. The first-order valence-corrected chi connectivity index (χ1v) is 7.90. The summed E-state index contributed by atoms with van der Waals surface area (Å²) >= 11 is 3.09. The van der Waals surface area contributed by atoms with Gasteiger partial charge in [-0.3, -0.25) is 15.2 Å². The Hall–Kier alpha value is -1.01. The van der Waals surface area contributed by atoms with Crippen molar-refractivity contribution in [3.8, 4) is 0 Å². The minimum atomic E-state index is -0.287. The second-order valence-electron chi connectivity index (χ2n) is 5.22. The van der Waals surface area contributed by atoms with E-state index < -0.39 is 0 Å². The van der Waals surface area contributed by atoms with Gasteiger partial charge in [-0.25, -0.2) is 0 Å². The van der Waals surface area contributed by atoms with Crippen molar-refractivity contribution >= 4 is 33.7 Å². The molecule has 0 fully saturated rings. The Morgan fingerprint density at radius 3 is 2.89 bits per heavy atom. The van der Waals surface area contributed by atoms with Gasteiger partial charge in [-0.15, -0.1) is 0 Å². The number of hydrogen-bond acceptors (Lipinski definition) is 6. The highest BCUT2D eigenvalue weighted by Gasteiger charge is 2.25. The maximum Gasteiger partial charge on any atom is 0.152 e. The number of nitrogens with one attached hydrogen (secondary N) is 1. The highest BCUT2D eigenvalue weighted by Crippen LogP contribution is 2.35. The molecule has 102 valence electrons. The molecule has 0 amide bonds. The molecule has 1 N–H and O–H groups in total. The Morgan fingerprint density at radius 1 is 1.47 bits per heavy atom. The largest absolute Gasteiger partial charge is 0.298 e. The van der Waals surface area contributed by atoms with E-state index in [1.54, 1.807) is 18.0 Å². The van der Waals surface area contributed by atoms with Crippen molar-refractivity contribution in [2.75, 3.05) is 5.75 Å². The van der Waals surface area contributed by atoms with Gasteiger partial charge < -0.3 is 0 Å². The molecule has 0 spiro atoms. The van der Waals surface area contributed by atoms with Gasteiger partial charge >= 0.3 is 0 Å². The van der Waals surface area contributed by atoms with Crippen LogP contribution in [0.5, 0.6) is 0 Å². The lowest BCUT2D eigenvalue weighted by Gasteiger charge is -2.15. The highest BCUT2D eigenvalue weighted by molar-refractivity contribution is 8.39. The van der Waals surface area contributed by atoms with Crippen molar-refractivity contribution in [1.82, 2.24) is 10.4 Å². The lowest BCUT2D eigenvalue weighted by Crippen LogP contribution is -2.22. The highest BCUT2D eigenvalue weighted by atomic mass is 32.2. The van der Waals surface area contributed by atoms with Crippen molar-refractivity contribution in [3.05, 3.63) is 30.1 Å². The molecule has 1 aliphatic rings. The van der Waals surface area contributed by atoms with Crippen LogP contribution in [0.25, 0.3) is 0 Å². The quantitative estimate of drug-likeness (QED) is 0.929. The topological polar surface area (TPSA) is 54.4 Å². The summed E-state index contributed by atoms with van der Waals surface area (Å²) in [5, 5.41) is 4.30. The molecule has 0 saturated carbocycles. The fourth-order valence-corrected chi connectivity index (χ4v) is 3.55. The van der Waals surface area contributed by atoms with Crippen LogP contribution >= 0.6 is 23.5 Å².